The Kier molecular flexibility index (Phi) is 5.02. The van der Waals surface area contributed by atoms with E-state index in [1.54, 1.807) is 13.2 Å². The summed E-state index contributed by atoms with van der Waals surface area (Å²) in [6.45, 7) is 0.438. The Morgan fingerprint density at radius 2 is 1.75 bits per heavy atom. The van der Waals surface area contributed by atoms with E-state index in [4.69, 9.17) is 16.3 Å². The monoisotopic (exact) mass is 289 g/mol. The Bertz CT molecular complexity index is 599. The van der Waals surface area contributed by atoms with E-state index in [1.165, 1.54) is 0 Å². The summed E-state index contributed by atoms with van der Waals surface area (Å²) in [5.74, 6) is 0.703. The topological polar surface area (TPSA) is 38.3 Å². The van der Waals surface area contributed by atoms with Gasteiger partial charge >= 0.3 is 0 Å². The van der Waals surface area contributed by atoms with Crippen molar-refractivity contribution < 1.29 is 9.53 Å². The number of hydrogen-bond donors (Lipinski definition) is 1. The van der Waals surface area contributed by atoms with Gasteiger partial charge in [0.25, 0.3) is 0 Å². The van der Waals surface area contributed by atoms with Crippen molar-refractivity contribution in [1.82, 2.24) is 5.32 Å². The SMILES string of the molecule is COc1ccccc1CNC(=O)Cc1ccccc1Cl. The number of ether oxygens (including phenoxy) is 1. The lowest BCUT2D eigenvalue weighted by atomic mass is 10.1. The summed E-state index contributed by atoms with van der Waals surface area (Å²) in [6, 6.07) is 15.0. The standard InChI is InChI=1S/C16H16ClNO2/c1-20-15-9-5-3-7-13(15)11-18-16(19)10-12-6-2-4-8-14(12)17/h2-9H,10-11H2,1H3,(H,18,19). The Morgan fingerprint density at radius 3 is 2.45 bits per heavy atom. The van der Waals surface area contributed by atoms with E-state index >= 15 is 0 Å². The first kappa shape index (κ1) is 14.4. The average molecular weight is 290 g/mol. The first-order valence-electron chi connectivity index (χ1n) is 6.32. The zero-order chi connectivity index (χ0) is 14.4. The summed E-state index contributed by atoms with van der Waals surface area (Å²) in [4.78, 5) is 11.9. The fourth-order valence-electron chi connectivity index (χ4n) is 1.92. The summed E-state index contributed by atoms with van der Waals surface area (Å²) < 4.78 is 5.24. The number of halogens is 1. The number of para-hydroxylation sites is 1. The molecule has 0 aliphatic heterocycles. The van der Waals surface area contributed by atoms with Crippen LogP contribution >= 0.6 is 11.6 Å². The summed E-state index contributed by atoms with van der Waals surface area (Å²) in [6.07, 6.45) is 0.273. The number of benzene rings is 2. The molecule has 2 aromatic carbocycles. The van der Waals surface area contributed by atoms with Gasteiger partial charge in [-0.05, 0) is 17.7 Å². The molecule has 0 spiro atoms. The van der Waals surface area contributed by atoms with Crippen LogP contribution in [-0.2, 0) is 17.8 Å². The van der Waals surface area contributed by atoms with E-state index in [0.29, 0.717) is 11.6 Å². The van der Waals surface area contributed by atoms with E-state index in [1.807, 2.05) is 42.5 Å². The summed E-state index contributed by atoms with van der Waals surface area (Å²) in [7, 11) is 1.62. The minimum Gasteiger partial charge on any atom is -0.496 e. The van der Waals surface area contributed by atoms with Crippen LogP contribution in [0.25, 0.3) is 0 Å². The molecule has 2 rings (SSSR count). The molecule has 0 saturated heterocycles. The van der Waals surface area contributed by atoms with Crippen molar-refractivity contribution >= 4 is 17.5 Å². The van der Waals surface area contributed by atoms with Gasteiger partial charge in [-0.15, -0.1) is 0 Å². The first-order valence-corrected chi connectivity index (χ1v) is 6.70. The van der Waals surface area contributed by atoms with E-state index < -0.39 is 0 Å². The van der Waals surface area contributed by atoms with Crippen LogP contribution in [-0.4, -0.2) is 13.0 Å². The predicted octanol–water partition coefficient (Wildman–Crippen LogP) is 3.21. The minimum absolute atomic E-state index is 0.0657. The summed E-state index contributed by atoms with van der Waals surface area (Å²) in [5.41, 5.74) is 1.77. The van der Waals surface area contributed by atoms with Crippen LogP contribution in [0.5, 0.6) is 5.75 Å². The zero-order valence-corrected chi connectivity index (χ0v) is 12.0. The van der Waals surface area contributed by atoms with E-state index in [2.05, 4.69) is 5.32 Å². The van der Waals surface area contributed by atoms with Crippen LogP contribution in [0.1, 0.15) is 11.1 Å². The lowest BCUT2D eigenvalue weighted by molar-refractivity contribution is -0.120. The maximum absolute atomic E-state index is 11.9. The molecule has 0 aromatic heterocycles. The molecule has 4 heteroatoms. The minimum atomic E-state index is -0.0657. The highest BCUT2D eigenvalue weighted by molar-refractivity contribution is 6.31. The molecule has 0 atom stereocenters. The second-order valence-corrected chi connectivity index (χ2v) is 4.76. The van der Waals surface area contributed by atoms with Gasteiger partial charge in [-0.1, -0.05) is 48.0 Å². The third-order valence-electron chi connectivity index (χ3n) is 2.98. The number of amides is 1. The van der Waals surface area contributed by atoms with Gasteiger partial charge in [0.15, 0.2) is 0 Å². The third kappa shape index (κ3) is 3.75. The molecule has 0 heterocycles. The van der Waals surface area contributed by atoms with Crippen molar-refractivity contribution in [2.75, 3.05) is 7.11 Å². The van der Waals surface area contributed by atoms with Crippen molar-refractivity contribution in [3.8, 4) is 5.75 Å². The number of hydrogen-bond acceptors (Lipinski definition) is 2. The molecule has 1 amide bonds. The quantitative estimate of drug-likeness (QED) is 0.918. The van der Waals surface area contributed by atoms with Crippen molar-refractivity contribution in [1.29, 1.82) is 0 Å². The smallest absolute Gasteiger partial charge is 0.224 e. The molecule has 1 N–H and O–H groups in total. The van der Waals surface area contributed by atoms with E-state index in [-0.39, 0.29) is 12.3 Å². The van der Waals surface area contributed by atoms with Crippen molar-refractivity contribution in [2.45, 2.75) is 13.0 Å². The highest BCUT2D eigenvalue weighted by Gasteiger charge is 2.08. The molecule has 0 bridgehead atoms. The fraction of sp³-hybridized carbons (Fsp3) is 0.188. The Labute approximate surface area is 123 Å². The summed E-state index contributed by atoms with van der Waals surface area (Å²) in [5, 5.41) is 3.48. The van der Waals surface area contributed by atoms with Gasteiger partial charge in [0.05, 0.1) is 13.5 Å². The maximum Gasteiger partial charge on any atom is 0.224 e. The van der Waals surface area contributed by atoms with E-state index in [0.717, 1.165) is 16.9 Å². The highest BCUT2D eigenvalue weighted by Crippen LogP contribution is 2.17. The molecule has 0 aliphatic rings. The van der Waals surface area contributed by atoms with Crippen molar-refractivity contribution in [2.24, 2.45) is 0 Å². The predicted molar refractivity (Wildman–Crippen MR) is 80.0 cm³/mol. The average Bonchev–Trinajstić information content (AvgIpc) is 2.48. The van der Waals surface area contributed by atoms with E-state index in [9.17, 15) is 4.79 Å². The van der Waals surface area contributed by atoms with Crippen LogP contribution in [0.2, 0.25) is 5.02 Å². The van der Waals surface area contributed by atoms with Gasteiger partial charge in [-0.2, -0.15) is 0 Å². The normalized spacial score (nSPS) is 10.1. The highest BCUT2D eigenvalue weighted by atomic mass is 35.5. The van der Waals surface area contributed by atoms with Crippen LogP contribution in [0.3, 0.4) is 0 Å². The zero-order valence-electron chi connectivity index (χ0n) is 11.2. The number of rotatable bonds is 5. The number of carbonyl (C=O) groups is 1. The van der Waals surface area contributed by atoms with Gasteiger partial charge in [0.1, 0.15) is 5.75 Å². The van der Waals surface area contributed by atoms with Gasteiger partial charge < -0.3 is 10.1 Å². The molecule has 2 aromatic rings. The molecule has 0 unspecified atom stereocenters. The van der Waals surface area contributed by atoms with Crippen LogP contribution < -0.4 is 10.1 Å². The number of methoxy groups -OCH3 is 1. The molecule has 20 heavy (non-hydrogen) atoms. The largest absolute Gasteiger partial charge is 0.496 e. The lowest BCUT2D eigenvalue weighted by Crippen LogP contribution is -2.24. The second-order valence-electron chi connectivity index (χ2n) is 4.36. The molecular weight excluding hydrogens is 274 g/mol. The van der Waals surface area contributed by atoms with Gasteiger partial charge in [0.2, 0.25) is 5.91 Å². The lowest BCUT2D eigenvalue weighted by Gasteiger charge is -2.10. The van der Waals surface area contributed by atoms with Crippen molar-refractivity contribution in [3.05, 3.63) is 64.7 Å². The Balaban J connectivity index is 1.94. The third-order valence-corrected chi connectivity index (χ3v) is 3.35. The Hall–Kier alpha value is -2.00. The molecule has 0 fully saturated rings. The van der Waals surface area contributed by atoms with Crippen molar-refractivity contribution in [3.63, 3.8) is 0 Å². The molecule has 0 radical (unpaired) electrons. The Morgan fingerprint density at radius 1 is 1.10 bits per heavy atom. The van der Waals surface area contributed by atoms with Crippen LogP contribution in [0.15, 0.2) is 48.5 Å². The fourth-order valence-corrected chi connectivity index (χ4v) is 2.12. The molecule has 104 valence electrons. The second kappa shape index (κ2) is 6.96. The maximum atomic E-state index is 11.9. The summed E-state index contributed by atoms with van der Waals surface area (Å²) >= 11 is 6.03. The molecule has 3 nitrogen and oxygen atoms in total. The van der Waals surface area contributed by atoms with Gasteiger partial charge in [-0.25, -0.2) is 0 Å². The number of carbonyl (C=O) groups excluding carboxylic acids is 1. The van der Waals surface area contributed by atoms with Crippen LogP contribution in [0, 0.1) is 0 Å². The molecular formula is C16H16ClNO2. The number of nitrogens with one attached hydrogen (secondary N) is 1. The molecule has 0 aliphatic carbocycles. The van der Waals surface area contributed by atoms with Crippen LogP contribution in [0.4, 0.5) is 0 Å². The first-order chi connectivity index (χ1) is 9.70. The van der Waals surface area contributed by atoms with Gasteiger partial charge in [0, 0.05) is 17.1 Å². The van der Waals surface area contributed by atoms with Gasteiger partial charge in [-0.3, -0.25) is 4.79 Å². The molecule has 0 saturated carbocycles.